The first kappa shape index (κ1) is 17.2. The molecule has 0 aromatic heterocycles. The molecule has 2 aliphatic heterocycles. The van der Waals surface area contributed by atoms with Crippen molar-refractivity contribution in [3.8, 4) is 5.75 Å². The van der Waals surface area contributed by atoms with Gasteiger partial charge in [0.1, 0.15) is 5.75 Å². The fraction of sp³-hybridized carbons (Fsp3) is 0.318. The Morgan fingerprint density at radius 3 is 2.96 bits per heavy atom. The van der Waals surface area contributed by atoms with E-state index in [2.05, 4.69) is 48.4 Å². The molecule has 0 bridgehead atoms. The smallest absolute Gasteiger partial charge is 0.164 e. The zero-order chi connectivity index (χ0) is 17.9. The van der Waals surface area contributed by atoms with Gasteiger partial charge in [0.25, 0.3) is 0 Å². The minimum Gasteiger partial charge on any atom is -0.492 e. The van der Waals surface area contributed by atoms with Crippen molar-refractivity contribution in [1.82, 2.24) is 4.90 Å². The van der Waals surface area contributed by atoms with Gasteiger partial charge in [0.15, 0.2) is 5.78 Å². The van der Waals surface area contributed by atoms with Crippen molar-refractivity contribution < 1.29 is 9.53 Å². The van der Waals surface area contributed by atoms with Crippen LogP contribution in [-0.2, 0) is 0 Å². The number of rotatable bonds is 5. The Morgan fingerprint density at radius 2 is 2.12 bits per heavy atom. The van der Waals surface area contributed by atoms with E-state index in [0.717, 1.165) is 35.1 Å². The normalized spacial score (nSPS) is 19.7. The van der Waals surface area contributed by atoms with Gasteiger partial charge in [0, 0.05) is 36.2 Å². The zero-order valence-corrected chi connectivity index (χ0v) is 15.7. The van der Waals surface area contributed by atoms with Gasteiger partial charge >= 0.3 is 0 Å². The number of benzene rings is 2. The van der Waals surface area contributed by atoms with Gasteiger partial charge in [-0.3, -0.25) is 4.79 Å². The second kappa shape index (κ2) is 7.58. The average molecular weight is 365 g/mol. The molecule has 0 spiro atoms. The number of ketones is 1. The van der Waals surface area contributed by atoms with E-state index in [1.807, 2.05) is 24.3 Å². The summed E-state index contributed by atoms with van der Waals surface area (Å²) in [5.74, 6) is 2.45. The van der Waals surface area contributed by atoms with Gasteiger partial charge in [0.05, 0.1) is 11.5 Å². The minimum atomic E-state index is 0.187. The van der Waals surface area contributed by atoms with Gasteiger partial charge in [-0.1, -0.05) is 36.4 Å². The van der Waals surface area contributed by atoms with E-state index in [0.29, 0.717) is 12.3 Å². The Balaban J connectivity index is 1.38. The highest BCUT2D eigenvalue weighted by Gasteiger charge is 2.24. The molecule has 0 saturated heterocycles. The van der Waals surface area contributed by atoms with Crippen molar-refractivity contribution in [2.75, 3.05) is 18.9 Å². The van der Waals surface area contributed by atoms with E-state index in [4.69, 9.17) is 4.74 Å². The second-order valence-corrected chi connectivity index (χ2v) is 8.03. The van der Waals surface area contributed by atoms with E-state index in [1.54, 1.807) is 11.8 Å². The summed E-state index contributed by atoms with van der Waals surface area (Å²) in [4.78, 5) is 16.1. The van der Waals surface area contributed by atoms with Gasteiger partial charge in [0.2, 0.25) is 0 Å². The summed E-state index contributed by atoms with van der Waals surface area (Å²) in [5, 5.41) is 0. The molecule has 3 nitrogen and oxygen atoms in total. The number of ether oxygens (including phenoxy) is 1. The lowest BCUT2D eigenvalue weighted by molar-refractivity contribution is 0.0950. The number of Topliss-reactive ketones (excluding diaryl/α,β-unsaturated/α-hetero) is 1. The van der Waals surface area contributed by atoms with Crippen LogP contribution in [0.5, 0.6) is 5.75 Å². The Bertz CT molecular complexity index is 818. The highest BCUT2D eigenvalue weighted by Crippen LogP contribution is 2.34. The Morgan fingerprint density at radius 1 is 1.27 bits per heavy atom. The fourth-order valence-electron chi connectivity index (χ4n) is 3.53. The van der Waals surface area contributed by atoms with Crippen LogP contribution in [-0.4, -0.2) is 35.6 Å². The quantitative estimate of drug-likeness (QED) is 0.716. The molecule has 2 aliphatic rings. The summed E-state index contributed by atoms with van der Waals surface area (Å²) >= 11 is 1.76. The number of carbonyl (C=O) groups is 1. The van der Waals surface area contributed by atoms with Crippen LogP contribution in [0.2, 0.25) is 0 Å². The lowest BCUT2D eigenvalue weighted by Gasteiger charge is -2.25. The Labute approximate surface area is 159 Å². The van der Waals surface area contributed by atoms with E-state index >= 15 is 0 Å². The van der Waals surface area contributed by atoms with Crippen LogP contribution in [0.1, 0.15) is 35.2 Å². The van der Waals surface area contributed by atoms with Crippen LogP contribution >= 0.6 is 11.8 Å². The maximum Gasteiger partial charge on any atom is 0.164 e. The zero-order valence-electron chi connectivity index (χ0n) is 14.9. The summed E-state index contributed by atoms with van der Waals surface area (Å²) in [6.45, 7) is 3.81. The molecule has 26 heavy (non-hydrogen) atoms. The van der Waals surface area contributed by atoms with E-state index < -0.39 is 0 Å². The fourth-order valence-corrected chi connectivity index (χ4v) is 4.39. The van der Waals surface area contributed by atoms with Crippen molar-refractivity contribution in [3.63, 3.8) is 0 Å². The van der Waals surface area contributed by atoms with E-state index in [-0.39, 0.29) is 11.8 Å². The summed E-state index contributed by atoms with van der Waals surface area (Å²) in [6, 6.07) is 16.5. The predicted octanol–water partition coefficient (Wildman–Crippen LogP) is 4.75. The van der Waals surface area contributed by atoms with Crippen molar-refractivity contribution >= 4 is 17.5 Å². The van der Waals surface area contributed by atoms with Crippen LogP contribution in [0.15, 0.2) is 65.7 Å². The summed E-state index contributed by atoms with van der Waals surface area (Å²) in [5.41, 5.74) is 2.12. The minimum absolute atomic E-state index is 0.187. The van der Waals surface area contributed by atoms with Crippen molar-refractivity contribution in [3.05, 3.63) is 71.9 Å². The molecular formula is C22H23NO2S. The average Bonchev–Trinajstić information content (AvgIpc) is 3.18. The van der Waals surface area contributed by atoms with Crippen LogP contribution in [0.4, 0.5) is 0 Å². The topological polar surface area (TPSA) is 29.5 Å². The molecule has 4 heteroatoms. The molecule has 4 rings (SSSR count). The first-order chi connectivity index (χ1) is 12.7. The van der Waals surface area contributed by atoms with Gasteiger partial charge in [-0.2, -0.15) is 0 Å². The summed E-state index contributed by atoms with van der Waals surface area (Å²) in [7, 11) is 0. The van der Waals surface area contributed by atoms with E-state index in [1.165, 1.54) is 5.56 Å². The van der Waals surface area contributed by atoms with E-state index in [9.17, 15) is 4.79 Å². The van der Waals surface area contributed by atoms with Crippen LogP contribution in [0.25, 0.3) is 0 Å². The highest BCUT2D eigenvalue weighted by atomic mass is 32.2. The van der Waals surface area contributed by atoms with Crippen molar-refractivity contribution in [2.45, 2.75) is 30.2 Å². The largest absolute Gasteiger partial charge is 0.492 e. The third-order valence-electron chi connectivity index (χ3n) is 5.06. The monoisotopic (exact) mass is 365 g/mol. The molecule has 0 fully saturated rings. The van der Waals surface area contributed by atoms with Gasteiger partial charge in [-0.05, 0) is 36.9 Å². The molecule has 2 aromatic carbocycles. The first-order valence-electron chi connectivity index (χ1n) is 9.12. The molecule has 0 aliphatic carbocycles. The third kappa shape index (κ3) is 3.65. The second-order valence-electron chi connectivity index (χ2n) is 6.89. The summed E-state index contributed by atoms with van der Waals surface area (Å²) < 4.78 is 5.62. The molecule has 2 atom stereocenters. The van der Waals surface area contributed by atoms with Gasteiger partial charge in [-0.25, -0.2) is 0 Å². The van der Waals surface area contributed by atoms with Gasteiger partial charge in [-0.15, -0.1) is 11.8 Å². The van der Waals surface area contributed by atoms with Crippen molar-refractivity contribution in [2.24, 2.45) is 0 Å². The lowest BCUT2D eigenvalue weighted by Crippen LogP contribution is -2.30. The van der Waals surface area contributed by atoms with Crippen molar-refractivity contribution in [1.29, 1.82) is 0 Å². The number of hydrogen-bond donors (Lipinski definition) is 0. The first-order valence-corrected chi connectivity index (χ1v) is 10.1. The van der Waals surface area contributed by atoms with Crippen LogP contribution < -0.4 is 4.74 Å². The highest BCUT2D eigenvalue weighted by molar-refractivity contribution is 7.99. The number of thioether (sulfide) groups is 1. The number of carbonyl (C=O) groups excluding carboxylic acids is 1. The number of hydrogen-bond acceptors (Lipinski definition) is 4. The Hall–Kier alpha value is -2.20. The predicted molar refractivity (Wildman–Crippen MR) is 106 cm³/mol. The molecule has 2 aromatic rings. The van der Waals surface area contributed by atoms with Crippen LogP contribution in [0.3, 0.4) is 0 Å². The van der Waals surface area contributed by atoms with Crippen LogP contribution in [0, 0.1) is 0 Å². The maximum atomic E-state index is 12.7. The summed E-state index contributed by atoms with van der Waals surface area (Å²) in [6.07, 6.45) is 4.91. The Kier molecular flexibility index (Phi) is 5.02. The molecular weight excluding hydrogens is 342 g/mol. The number of fused-ring (bicyclic) bond motifs is 1. The third-order valence-corrected chi connectivity index (χ3v) is 6.06. The molecule has 0 amide bonds. The molecule has 134 valence electrons. The maximum absolute atomic E-state index is 12.7. The lowest BCUT2D eigenvalue weighted by atomic mass is 10.00. The SMILES string of the molecule is CC(CC(=O)c1ccc2c(c1)SCCO2)N1C=CC(c2ccccc2)C1. The molecule has 2 heterocycles. The molecule has 0 saturated carbocycles. The molecule has 0 N–H and O–H groups in total. The number of nitrogens with zero attached hydrogens (tertiary/aromatic N) is 1. The molecule has 2 unspecified atom stereocenters. The van der Waals surface area contributed by atoms with Gasteiger partial charge < -0.3 is 9.64 Å². The molecule has 0 radical (unpaired) electrons. The standard InChI is InChI=1S/C22H23NO2S/c1-16(23-10-9-19(15-23)17-5-3-2-4-6-17)13-20(24)18-7-8-21-22(14-18)26-12-11-25-21/h2-10,14,16,19H,11-13,15H2,1H3.